The van der Waals surface area contributed by atoms with Crippen LogP contribution in [0.15, 0.2) is 22.7 Å². The fourth-order valence-corrected chi connectivity index (χ4v) is 1.17. The second-order valence-electron chi connectivity index (χ2n) is 3.13. The maximum absolute atomic E-state index is 13.2. The Bertz CT molecular complexity index is 482. The summed E-state index contributed by atoms with van der Waals surface area (Å²) >= 11 is 0. The van der Waals surface area contributed by atoms with Crippen LogP contribution in [0, 0.1) is 12.7 Å². The summed E-state index contributed by atoms with van der Waals surface area (Å²) in [5, 5.41) is 12.3. The van der Waals surface area contributed by atoms with Crippen molar-refractivity contribution in [1.29, 1.82) is 0 Å². The first kappa shape index (κ1) is 9.79. The summed E-state index contributed by atoms with van der Waals surface area (Å²) in [6.07, 6.45) is 0. The summed E-state index contributed by atoms with van der Waals surface area (Å²) < 4.78 is 17.9. The molecule has 1 heterocycles. The fourth-order valence-electron chi connectivity index (χ4n) is 1.17. The first-order valence-electron chi connectivity index (χ1n) is 4.40. The molecular weight excluding hydrogens is 199 g/mol. The first-order valence-corrected chi connectivity index (χ1v) is 4.40. The van der Waals surface area contributed by atoms with Crippen molar-refractivity contribution >= 4 is 0 Å². The molecule has 0 saturated carbocycles. The van der Waals surface area contributed by atoms with Crippen molar-refractivity contribution in [3.05, 3.63) is 35.5 Å². The first-order chi connectivity index (χ1) is 7.20. The predicted molar refractivity (Wildman–Crippen MR) is 50.4 cm³/mol. The summed E-state index contributed by atoms with van der Waals surface area (Å²) in [5.41, 5.74) is 1.09. The van der Waals surface area contributed by atoms with Gasteiger partial charge in [-0.2, -0.15) is 4.98 Å². The number of benzene rings is 1. The van der Waals surface area contributed by atoms with E-state index in [0.717, 1.165) is 0 Å². The second kappa shape index (κ2) is 3.78. The quantitative estimate of drug-likeness (QED) is 0.815. The number of nitrogens with zero attached hydrogens (tertiary/aromatic N) is 2. The number of rotatable bonds is 2. The standard InChI is InChI=1S/C10H9FN2O2/c1-6-2-3-7(4-8(6)11)10-12-9(5-14)15-13-10/h2-4,14H,5H2,1H3. The van der Waals surface area contributed by atoms with Gasteiger partial charge in [0.2, 0.25) is 5.82 Å². The number of aliphatic hydroxyl groups is 1. The molecule has 0 spiro atoms. The molecule has 0 unspecified atom stereocenters. The third kappa shape index (κ3) is 1.87. The van der Waals surface area contributed by atoms with Crippen molar-refractivity contribution in [2.75, 3.05) is 0 Å². The average molecular weight is 208 g/mol. The van der Waals surface area contributed by atoms with Crippen LogP contribution in [0.25, 0.3) is 11.4 Å². The SMILES string of the molecule is Cc1ccc(-c2noc(CO)n2)cc1F. The van der Waals surface area contributed by atoms with E-state index in [1.165, 1.54) is 6.07 Å². The number of halogens is 1. The Labute approximate surface area is 85.4 Å². The molecule has 0 aliphatic carbocycles. The molecule has 15 heavy (non-hydrogen) atoms. The summed E-state index contributed by atoms with van der Waals surface area (Å²) in [4.78, 5) is 3.88. The van der Waals surface area contributed by atoms with E-state index in [4.69, 9.17) is 9.63 Å². The monoisotopic (exact) mass is 208 g/mol. The molecule has 2 rings (SSSR count). The predicted octanol–water partition coefficient (Wildman–Crippen LogP) is 1.68. The molecule has 0 amide bonds. The van der Waals surface area contributed by atoms with Crippen LogP contribution >= 0.6 is 0 Å². The fraction of sp³-hybridized carbons (Fsp3) is 0.200. The number of hydrogen-bond acceptors (Lipinski definition) is 4. The van der Waals surface area contributed by atoms with Crippen molar-refractivity contribution in [3.63, 3.8) is 0 Å². The topological polar surface area (TPSA) is 59.2 Å². The van der Waals surface area contributed by atoms with Crippen molar-refractivity contribution in [3.8, 4) is 11.4 Å². The van der Waals surface area contributed by atoms with Crippen LogP contribution in [0.3, 0.4) is 0 Å². The molecule has 78 valence electrons. The Morgan fingerprint density at radius 3 is 2.87 bits per heavy atom. The van der Waals surface area contributed by atoms with Gasteiger partial charge in [-0.3, -0.25) is 0 Å². The van der Waals surface area contributed by atoms with Crippen LogP contribution in [0.4, 0.5) is 4.39 Å². The third-order valence-electron chi connectivity index (χ3n) is 2.03. The lowest BCUT2D eigenvalue weighted by molar-refractivity contribution is 0.222. The van der Waals surface area contributed by atoms with E-state index in [0.29, 0.717) is 11.1 Å². The van der Waals surface area contributed by atoms with E-state index in [1.54, 1.807) is 19.1 Å². The zero-order chi connectivity index (χ0) is 10.8. The maximum Gasteiger partial charge on any atom is 0.252 e. The van der Waals surface area contributed by atoms with Crippen LogP contribution in [-0.4, -0.2) is 15.2 Å². The molecule has 0 bridgehead atoms. The van der Waals surface area contributed by atoms with Gasteiger partial charge in [-0.1, -0.05) is 17.3 Å². The minimum Gasteiger partial charge on any atom is -0.387 e. The van der Waals surface area contributed by atoms with E-state index in [9.17, 15) is 4.39 Å². The highest BCUT2D eigenvalue weighted by Crippen LogP contribution is 2.18. The lowest BCUT2D eigenvalue weighted by atomic mass is 10.1. The lowest BCUT2D eigenvalue weighted by Crippen LogP contribution is -1.87. The van der Waals surface area contributed by atoms with Gasteiger partial charge >= 0.3 is 0 Å². The highest BCUT2D eigenvalue weighted by molar-refractivity contribution is 5.54. The van der Waals surface area contributed by atoms with E-state index in [2.05, 4.69) is 10.1 Å². The van der Waals surface area contributed by atoms with Crippen molar-refractivity contribution in [2.24, 2.45) is 0 Å². The van der Waals surface area contributed by atoms with Gasteiger partial charge < -0.3 is 9.63 Å². The lowest BCUT2D eigenvalue weighted by Gasteiger charge is -1.97. The minimum atomic E-state index is -0.318. The number of hydrogen-bond donors (Lipinski definition) is 1. The smallest absolute Gasteiger partial charge is 0.252 e. The molecule has 2 aromatic rings. The summed E-state index contributed by atoms with van der Waals surface area (Å²) in [5.74, 6) is 0.0757. The summed E-state index contributed by atoms with van der Waals surface area (Å²) in [6.45, 7) is 1.36. The van der Waals surface area contributed by atoms with Crippen molar-refractivity contribution in [1.82, 2.24) is 10.1 Å². The Kier molecular flexibility index (Phi) is 2.47. The molecule has 5 heteroatoms. The molecule has 0 atom stereocenters. The maximum atomic E-state index is 13.2. The van der Waals surface area contributed by atoms with Gasteiger partial charge in [0.15, 0.2) is 0 Å². The number of aliphatic hydroxyl groups excluding tert-OH is 1. The zero-order valence-electron chi connectivity index (χ0n) is 8.07. The average Bonchev–Trinajstić information content (AvgIpc) is 2.70. The summed E-state index contributed by atoms with van der Waals surface area (Å²) in [6, 6.07) is 4.67. The number of aromatic nitrogens is 2. The normalized spacial score (nSPS) is 10.6. The molecule has 0 aliphatic heterocycles. The van der Waals surface area contributed by atoms with Gasteiger partial charge in [0.05, 0.1) is 0 Å². The van der Waals surface area contributed by atoms with Crippen LogP contribution in [0.1, 0.15) is 11.5 Å². The molecule has 1 N–H and O–H groups in total. The van der Waals surface area contributed by atoms with Gasteiger partial charge in [0.25, 0.3) is 5.89 Å². The Morgan fingerprint density at radius 2 is 2.27 bits per heavy atom. The zero-order valence-corrected chi connectivity index (χ0v) is 8.07. The van der Waals surface area contributed by atoms with Crippen LogP contribution < -0.4 is 0 Å². The van der Waals surface area contributed by atoms with Gasteiger partial charge in [-0.25, -0.2) is 4.39 Å². The van der Waals surface area contributed by atoms with Gasteiger partial charge in [-0.05, 0) is 18.6 Å². The second-order valence-corrected chi connectivity index (χ2v) is 3.13. The molecule has 1 aromatic heterocycles. The summed E-state index contributed by atoms with van der Waals surface area (Å²) in [7, 11) is 0. The molecule has 0 saturated heterocycles. The van der Waals surface area contributed by atoms with Crippen molar-refractivity contribution in [2.45, 2.75) is 13.5 Å². The highest BCUT2D eigenvalue weighted by Gasteiger charge is 2.09. The largest absolute Gasteiger partial charge is 0.387 e. The Morgan fingerprint density at radius 1 is 1.47 bits per heavy atom. The van der Waals surface area contributed by atoms with Crippen LogP contribution in [0.5, 0.6) is 0 Å². The minimum absolute atomic E-state index is 0.117. The van der Waals surface area contributed by atoms with E-state index >= 15 is 0 Å². The Balaban J connectivity index is 2.40. The molecule has 0 aliphatic rings. The van der Waals surface area contributed by atoms with E-state index in [1.807, 2.05) is 0 Å². The molecule has 0 radical (unpaired) electrons. The molecule has 1 aromatic carbocycles. The number of aryl methyl sites for hydroxylation is 1. The highest BCUT2D eigenvalue weighted by atomic mass is 19.1. The van der Waals surface area contributed by atoms with Gasteiger partial charge in [0, 0.05) is 5.56 Å². The van der Waals surface area contributed by atoms with Gasteiger partial charge in [0.1, 0.15) is 12.4 Å². The molecular formula is C10H9FN2O2. The van der Waals surface area contributed by atoms with E-state index in [-0.39, 0.29) is 24.1 Å². The van der Waals surface area contributed by atoms with Crippen LogP contribution in [-0.2, 0) is 6.61 Å². The van der Waals surface area contributed by atoms with Gasteiger partial charge in [-0.15, -0.1) is 0 Å². The molecule has 4 nitrogen and oxygen atoms in total. The van der Waals surface area contributed by atoms with E-state index < -0.39 is 0 Å². The molecule has 0 fully saturated rings. The van der Waals surface area contributed by atoms with Crippen LogP contribution in [0.2, 0.25) is 0 Å². The van der Waals surface area contributed by atoms with Crippen molar-refractivity contribution < 1.29 is 14.0 Å². The third-order valence-corrected chi connectivity index (χ3v) is 2.03. The Hall–Kier alpha value is -1.75.